The zero-order chi connectivity index (χ0) is 11.4. The summed E-state index contributed by atoms with van der Waals surface area (Å²) in [4.78, 5) is 11.1. The van der Waals surface area contributed by atoms with Crippen molar-refractivity contribution in [2.24, 2.45) is 11.8 Å². The van der Waals surface area contributed by atoms with Gasteiger partial charge in [-0.15, -0.1) is 0 Å². The summed E-state index contributed by atoms with van der Waals surface area (Å²) in [6.07, 6.45) is 4.15. The van der Waals surface area contributed by atoms with E-state index < -0.39 is 0 Å². The van der Waals surface area contributed by atoms with Gasteiger partial charge in [0.1, 0.15) is 0 Å². The molecule has 1 rings (SSSR count). The minimum absolute atomic E-state index is 0.304. The van der Waals surface area contributed by atoms with Crippen LogP contribution in [0.1, 0.15) is 27.2 Å². The molecule has 0 saturated carbocycles. The minimum atomic E-state index is -0.304. The Morgan fingerprint density at radius 2 is 2.27 bits per heavy atom. The zero-order valence-electron chi connectivity index (χ0n) is 9.42. The van der Waals surface area contributed by atoms with Gasteiger partial charge < -0.3 is 4.74 Å². The summed E-state index contributed by atoms with van der Waals surface area (Å²) in [6, 6.07) is 0. The molecule has 0 bridgehead atoms. The van der Waals surface area contributed by atoms with E-state index in [0.29, 0.717) is 18.4 Å². The van der Waals surface area contributed by atoms with Gasteiger partial charge in [-0.3, -0.25) is 0 Å². The van der Waals surface area contributed by atoms with E-state index in [9.17, 15) is 4.79 Å². The molecule has 0 radical (unpaired) electrons. The van der Waals surface area contributed by atoms with Crippen molar-refractivity contribution in [3.63, 3.8) is 0 Å². The van der Waals surface area contributed by atoms with Gasteiger partial charge in [0.2, 0.25) is 0 Å². The fourth-order valence-electron chi connectivity index (χ4n) is 1.72. The van der Waals surface area contributed by atoms with Crippen LogP contribution in [0.2, 0.25) is 0 Å². The smallest absolute Gasteiger partial charge is 0.330 e. The van der Waals surface area contributed by atoms with Gasteiger partial charge in [-0.2, -0.15) is 0 Å². The normalized spacial score (nSPS) is 26.4. The van der Waals surface area contributed by atoms with Crippen molar-refractivity contribution >= 4 is 17.6 Å². The second-order valence-corrected chi connectivity index (χ2v) is 4.37. The van der Waals surface area contributed by atoms with E-state index in [1.54, 1.807) is 13.0 Å². The second-order valence-electron chi connectivity index (χ2n) is 3.92. The summed E-state index contributed by atoms with van der Waals surface area (Å²) in [7, 11) is 0. The molecule has 0 N–H and O–H groups in total. The third-order valence-corrected chi connectivity index (χ3v) is 3.22. The quantitative estimate of drug-likeness (QED) is 0.548. The van der Waals surface area contributed by atoms with Crippen LogP contribution >= 0.6 is 11.6 Å². The molecule has 0 aromatic heterocycles. The molecule has 3 heteroatoms. The Bertz CT molecular complexity index is 305. The molecule has 0 aromatic carbocycles. The van der Waals surface area contributed by atoms with Crippen molar-refractivity contribution in [2.75, 3.05) is 6.61 Å². The van der Waals surface area contributed by atoms with Crippen LogP contribution in [0.4, 0.5) is 0 Å². The Morgan fingerprint density at radius 1 is 1.60 bits per heavy atom. The summed E-state index contributed by atoms with van der Waals surface area (Å²) in [6.45, 7) is 6.49. The van der Waals surface area contributed by atoms with Crippen LogP contribution in [-0.2, 0) is 9.53 Å². The van der Waals surface area contributed by atoms with Gasteiger partial charge in [-0.05, 0) is 30.8 Å². The first-order chi connectivity index (χ1) is 7.06. The van der Waals surface area contributed by atoms with Crippen LogP contribution in [-0.4, -0.2) is 12.6 Å². The Hall–Kier alpha value is -0.760. The molecule has 2 atom stereocenters. The lowest BCUT2D eigenvalue weighted by molar-refractivity contribution is -0.137. The van der Waals surface area contributed by atoms with E-state index in [4.69, 9.17) is 16.3 Å². The Morgan fingerprint density at radius 3 is 2.73 bits per heavy atom. The highest BCUT2D eigenvalue weighted by Crippen LogP contribution is 2.39. The first-order valence-electron chi connectivity index (χ1n) is 5.29. The SMILES string of the molecule is CCOC(=O)/C=C/C1=C(Cl)C[C@H](C)C1C. The third-order valence-electron chi connectivity index (χ3n) is 2.84. The van der Waals surface area contributed by atoms with Crippen molar-refractivity contribution in [1.82, 2.24) is 0 Å². The molecule has 84 valence electrons. The van der Waals surface area contributed by atoms with Gasteiger partial charge in [-0.25, -0.2) is 4.79 Å². The summed E-state index contributed by atoms with van der Waals surface area (Å²) < 4.78 is 4.81. The van der Waals surface area contributed by atoms with Gasteiger partial charge >= 0.3 is 5.97 Å². The molecule has 0 spiro atoms. The summed E-state index contributed by atoms with van der Waals surface area (Å²) >= 11 is 6.10. The van der Waals surface area contributed by atoms with Gasteiger partial charge in [-0.1, -0.05) is 31.5 Å². The zero-order valence-corrected chi connectivity index (χ0v) is 10.2. The largest absolute Gasteiger partial charge is 0.463 e. The number of carbonyl (C=O) groups excluding carboxylic acids is 1. The Kier molecular flexibility index (Phi) is 4.40. The summed E-state index contributed by atoms with van der Waals surface area (Å²) in [5, 5.41) is 0.871. The van der Waals surface area contributed by atoms with Gasteiger partial charge in [0.15, 0.2) is 0 Å². The molecular formula is C12H17ClO2. The maximum atomic E-state index is 11.1. The van der Waals surface area contributed by atoms with Crippen molar-refractivity contribution in [3.8, 4) is 0 Å². The fraction of sp³-hybridized carbons (Fsp3) is 0.583. The number of carbonyl (C=O) groups is 1. The average molecular weight is 229 g/mol. The van der Waals surface area contributed by atoms with Crippen LogP contribution in [0.25, 0.3) is 0 Å². The van der Waals surface area contributed by atoms with Crippen molar-refractivity contribution < 1.29 is 9.53 Å². The standard InChI is InChI=1S/C12H17ClO2/c1-4-15-12(14)6-5-10-9(3)8(2)7-11(10)13/h5-6,8-9H,4,7H2,1-3H3/b6-5+/t8-,9?/m0/s1. The van der Waals surface area contributed by atoms with Crippen LogP contribution in [0.15, 0.2) is 22.8 Å². The monoisotopic (exact) mass is 228 g/mol. The molecule has 1 aliphatic rings. The Labute approximate surface area is 95.9 Å². The van der Waals surface area contributed by atoms with E-state index in [1.807, 2.05) is 0 Å². The van der Waals surface area contributed by atoms with Crippen molar-refractivity contribution in [1.29, 1.82) is 0 Å². The first-order valence-corrected chi connectivity index (χ1v) is 5.67. The van der Waals surface area contributed by atoms with E-state index in [0.717, 1.165) is 17.0 Å². The number of hydrogen-bond donors (Lipinski definition) is 0. The van der Waals surface area contributed by atoms with Crippen LogP contribution in [0.3, 0.4) is 0 Å². The molecular weight excluding hydrogens is 212 g/mol. The number of allylic oxidation sites excluding steroid dienone is 3. The van der Waals surface area contributed by atoms with Crippen LogP contribution in [0, 0.1) is 11.8 Å². The summed E-state index contributed by atoms with van der Waals surface area (Å²) in [5.74, 6) is 0.670. The lowest BCUT2D eigenvalue weighted by Gasteiger charge is -2.10. The predicted octanol–water partition coefficient (Wildman–Crippen LogP) is 3.27. The van der Waals surface area contributed by atoms with Crippen LogP contribution in [0.5, 0.6) is 0 Å². The molecule has 0 aliphatic heterocycles. The van der Waals surface area contributed by atoms with E-state index >= 15 is 0 Å². The molecule has 15 heavy (non-hydrogen) atoms. The van der Waals surface area contributed by atoms with E-state index in [-0.39, 0.29) is 5.97 Å². The fourth-order valence-corrected chi connectivity index (χ4v) is 2.20. The maximum absolute atomic E-state index is 11.1. The number of halogens is 1. The maximum Gasteiger partial charge on any atom is 0.330 e. The molecule has 0 fully saturated rings. The number of hydrogen-bond acceptors (Lipinski definition) is 2. The molecule has 0 saturated heterocycles. The molecule has 1 unspecified atom stereocenters. The topological polar surface area (TPSA) is 26.3 Å². The Balaban J connectivity index is 2.65. The lowest BCUT2D eigenvalue weighted by atomic mass is 9.95. The molecule has 0 amide bonds. The van der Waals surface area contributed by atoms with Crippen molar-refractivity contribution in [3.05, 3.63) is 22.8 Å². The molecule has 0 heterocycles. The van der Waals surface area contributed by atoms with Crippen LogP contribution < -0.4 is 0 Å². The highest BCUT2D eigenvalue weighted by molar-refractivity contribution is 6.30. The average Bonchev–Trinajstić information content (AvgIpc) is 2.40. The number of esters is 1. The van der Waals surface area contributed by atoms with E-state index in [1.165, 1.54) is 6.08 Å². The lowest BCUT2D eigenvalue weighted by Crippen LogP contribution is -2.03. The van der Waals surface area contributed by atoms with Gasteiger partial charge in [0.25, 0.3) is 0 Å². The minimum Gasteiger partial charge on any atom is -0.463 e. The third kappa shape index (κ3) is 3.10. The first kappa shape index (κ1) is 12.3. The second kappa shape index (κ2) is 5.36. The van der Waals surface area contributed by atoms with Gasteiger partial charge in [0.05, 0.1) is 6.61 Å². The molecule has 1 aliphatic carbocycles. The highest BCUT2D eigenvalue weighted by atomic mass is 35.5. The number of ether oxygens (including phenoxy) is 1. The predicted molar refractivity (Wildman–Crippen MR) is 61.6 cm³/mol. The summed E-state index contributed by atoms with van der Waals surface area (Å²) in [5.41, 5.74) is 1.07. The van der Waals surface area contributed by atoms with Gasteiger partial charge in [0, 0.05) is 11.1 Å². The van der Waals surface area contributed by atoms with Crippen molar-refractivity contribution in [2.45, 2.75) is 27.2 Å². The number of rotatable bonds is 3. The molecule has 0 aromatic rings. The highest BCUT2D eigenvalue weighted by Gasteiger charge is 2.25. The van der Waals surface area contributed by atoms with E-state index in [2.05, 4.69) is 13.8 Å². The molecule has 2 nitrogen and oxygen atoms in total.